The molecule has 11 heteroatoms. The maximum atomic E-state index is 13.1. The van der Waals surface area contributed by atoms with Crippen LogP contribution in [-0.4, -0.2) is 71.2 Å². The molecule has 31 heavy (non-hydrogen) atoms. The minimum atomic E-state index is -3.75. The lowest BCUT2D eigenvalue weighted by molar-refractivity contribution is -0.130. The Labute approximate surface area is 179 Å². The lowest BCUT2D eigenvalue weighted by atomic mass is 10.0. The molecule has 168 valence electrons. The number of amides is 1. The first-order chi connectivity index (χ1) is 14.7. The summed E-state index contributed by atoms with van der Waals surface area (Å²) in [5.41, 5.74) is 0. The van der Waals surface area contributed by atoms with Gasteiger partial charge in [0.2, 0.25) is 11.8 Å². The van der Waals surface area contributed by atoms with Gasteiger partial charge in [-0.2, -0.15) is 4.98 Å². The second-order valence-electron chi connectivity index (χ2n) is 8.10. The van der Waals surface area contributed by atoms with E-state index >= 15 is 0 Å². The van der Waals surface area contributed by atoms with Crippen molar-refractivity contribution in [2.45, 2.75) is 55.0 Å². The number of carbonyl (C=O) groups excluding carboxylic acids is 1. The zero-order valence-corrected chi connectivity index (χ0v) is 18.0. The molecule has 0 saturated carbocycles. The highest BCUT2D eigenvalue weighted by Gasteiger charge is 2.41. The van der Waals surface area contributed by atoms with Gasteiger partial charge >= 0.3 is 0 Å². The number of piperidine rings is 1. The summed E-state index contributed by atoms with van der Waals surface area (Å²) in [7, 11) is -3.75. The van der Waals surface area contributed by atoms with Crippen LogP contribution >= 0.6 is 0 Å². The molecule has 0 aliphatic carbocycles. The summed E-state index contributed by atoms with van der Waals surface area (Å²) < 4.78 is 43.6. The summed E-state index contributed by atoms with van der Waals surface area (Å²) in [5, 5.41) is 14.1. The number of hydrogen-bond acceptors (Lipinski definition) is 8. The normalized spacial score (nSPS) is 23.4. The number of likely N-dealkylation sites (tertiary alicyclic amines) is 2. The Morgan fingerprint density at radius 1 is 1.26 bits per heavy atom. The predicted molar refractivity (Wildman–Crippen MR) is 107 cm³/mol. The van der Waals surface area contributed by atoms with Crippen molar-refractivity contribution in [1.82, 2.24) is 19.9 Å². The molecule has 3 heterocycles. The molecule has 2 unspecified atom stereocenters. The van der Waals surface area contributed by atoms with Gasteiger partial charge in [-0.15, -0.1) is 0 Å². The van der Waals surface area contributed by atoms with Crippen LogP contribution < -0.4 is 0 Å². The van der Waals surface area contributed by atoms with Crippen molar-refractivity contribution in [3.8, 4) is 0 Å². The van der Waals surface area contributed by atoms with Gasteiger partial charge in [-0.1, -0.05) is 5.16 Å². The lowest BCUT2D eigenvalue weighted by Crippen LogP contribution is -2.46. The van der Waals surface area contributed by atoms with Crippen molar-refractivity contribution in [3.05, 3.63) is 41.8 Å². The van der Waals surface area contributed by atoms with Crippen LogP contribution in [0.1, 0.15) is 43.9 Å². The van der Waals surface area contributed by atoms with Gasteiger partial charge in [-0.3, -0.25) is 9.69 Å². The van der Waals surface area contributed by atoms with E-state index in [1.54, 1.807) is 6.92 Å². The van der Waals surface area contributed by atoms with E-state index in [1.165, 1.54) is 12.1 Å². The molecule has 4 rings (SSSR count). The second-order valence-corrected chi connectivity index (χ2v) is 10.1. The van der Waals surface area contributed by atoms with Gasteiger partial charge in [0.25, 0.3) is 0 Å². The number of aliphatic hydroxyl groups excluding tert-OH is 1. The Bertz CT molecular complexity index is 1030. The topological polar surface area (TPSA) is 117 Å². The van der Waals surface area contributed by atoms with E-state index in [0.29, 0.717) is 26.1 Å². The summed E-state index contributed by atoms with van der Waals surface area (Å²) in [6, 6.07) is 4.44. The fourth-order valence-electron chi connectivity index (χ4n) is 4.35. The van der Waals surface area contributed by atoms with Gasteiger partial charge < -0.3 is 14.5 Å². The number of benzene rings is 1. The molecule has 9 nitrogen and oxygen atoms in total. The standard InChI is InChI=1S/C20H25FN4O5S/c1-13(26)24-8-6-15(7-9-24)25-11-16(27)10-18(25)20-22-19(23-30-20)12-31(28,29)17-4-2-14(21)3-5-17/h2-5,15-16,18,27H,6-12H2,1H3. The Kier molecular flexibility index (Phi) is 6.09. The van der Waals surface area contributed by atoms with Crippen molar-refractivity contribution in [2.24, 2.45) is 0 Å². The first-order valence-electron chi connectivity index (χ1n) is 10.2. The molecule has 2 aliphatic heterocycles. The van der Waals surface area contributed by atoms with Crippen LogP contribution in [0.4, 0.5) is 4.39 Å². The molecule has 0 radical (unpaired) electrons. The third-order valence-corrected chi connectivity index (χ3v) is 7.59. The summed E-state index contributed by atoms with van der Waals surface area (Å²) in [6.45, 7) is 3.33. The van der Waals surface area contributed by atoms with Crippen LogP contribution in [0.5, 0.6) is 0 Å². The highest BCUT2D eigenvalue weighted by atomic mass is 32.2. The van der Waals surface area contributed by atoms with Crippen molar-refractivity contribution >= 4 is 15.7 Å². The second kappa shape index (κ2) is 8.64. The largest absolute Gasteiger partial charge is 0.392 e. The molecule has 2 atom stereocenters. The van der Waals surface area contributed by atoms with Gasteiger partial charge in [0.05, 0.1) is 17.0 Å². The fraction of sp³-hybridized carbons (Fsp3) is 0.550. The van der Waals surface area contributed by atoms with Crippen LogP contribution in [0.15, 0.2) is 33.7 Å². The molecule has 1 aromatic carbocycles. The maximum Gasteiger partial charge on any atom is 0.244 e. The Morgan fingerprint density at radius 3 is 2.58 bits per heavy atom. The lowest BCUT2D eigenvalue weighted by Gasteiger charge is -2.38. The SMILES string of the molecule is CC(=O)N1CCC(N2CC(O)CC2c2nc(CS(=O)(=O)c3ccc(F)cc3)no2)CC1. The van der Waals surface area contributed by atoms with E-state index in [4.69, 9.17) is 4.52 Å². The average Bonchev–Trinajstić information content (AvgIpc) is 3.34. The van der Waals surface area contributed by atoms with E-state index in [0.717, 1.165) is 25.0 Å². The smallest absolute Gasteiger partial charge is 0.244 e. The van der Waals surface area contributed by atoms with Crippen molar-refractivity contribution < 1.29 is 27.2 Å². The molecule has 1 amide bonds. The van der Waals surface area contributed by atoms with Crippen LogP contribution in [0.25, 0.3) is 0 Å². The van der Waals surface area contributed by atoms with Gasteiger partial charge in [0.15, 0.2) is 15.7 Å². The fourth-order valence-corrected chi connectivity index (χ4v) is 5.53. The van der Waals surface area contributed by atoms with Crippen LogP contribution in [0.3, 0.4) is 0 Å². The van der Waals surface area contributed by atoms with E-state index < -0.39 is 27.5 Å². The summed E-state index contributed by atoms with van der Waals surface area (Å²) in [4.78, 5) is 19.8. The molecular formula is C20H25FN4O5S. The van der Waals surface area contributed by atoms with E-state index in [9.17, 15) is 22.7 Å². The van der Waals surface area contributed by atoms with Crippen molar-refractivity contribution in [1.29, 1.82) is 0 Å². The third-order valence-electron chi connectivity index (χ3n) is 5.96. The number of halogens is 1. The number of hydrogen-bond donors (Lipinski definition) is 1. The van der Waals surface area contributed by atoms with Crippen LogP contribution in [0.2, 0.25) is 0 Å². The van der Waals surface area contributed by atoms with Gasteiger partial charge in [-0.25, -0.2) is 12.8 Å². The number of carbonyl (C=O) groups is 1. The first-order valence-corrected chi connectivity index (χ1v) is 11.9. The maximum absolute atomic E-state index is 13.1. The van der Waals surface area contributed by atoms with E-state index in [1.807, 2.05) is 4.90 Å². The Hall–Kier alpha value is -2.37. The number of β-amino-alcohol motifs (C(OH)–C–C–N with tert-alkyl or cyclic N) is 1. The zero-order valence-electron chi connectivity index (χ0n) is 17.1. The van der Waals surface area contributed by atoms with Crippen molar-refractivity contribution in [2.75, 3.05) is 19.6 Å². The minimum absolute atomic E-state index is 0.0182. The molecule has 2 saturated heterocycles. The highest BCUT2D eigenvalue weighted by molar-refractivity contribution is 7.90. The summed E-state index contributed by atoms with van der Waals surface area (Å²) >= 11 is 0. The Balaban J connectivity index is 1.47. The number of sulfone groups is 1. The molecule has 2 fully saturated rings. The van der Waals surface area contributed by atoms with E-state index in [-0.39, 0.29) is 34.6 Å². The molecule has 2 aliphatic rings. The third kappa shape index (κ3) is 4.78. The van der Waals surface area contributed by atoms with Crippen LogP contribution in [-0.2, 0) is 20.4 Å². The monoisotopic (exact) mass is 452 g/mol. The summed E-state index contributed by atoms with van der Waals surface area (Å²) in [5.74, 6) is -0.633. The predicted octanol–water partition coefficient (Wildman–Crippen LogP) is 1.30. The first kappa shape index (κ1) is 21.8. The molecular weight excluding hydrogens is 427 g/mol. The summed E-state index contributed by atoms with van der Waals surface area (Å²) in [6.07, 6.45) is 1.43. The van der Waals surface area contributed by atoms with Gasteiger partial charge in [-0.05, 0) is 43.5 Å². The molecule has 0 spiro atoms. The van der Waals surface area contributed by atoms with Crippen LogP contribution in [0, 0.1) is 5.82 Å². The van der Waals surface area contributed by atoms with Gasteiger partial charge in [0.1, 0.15) is 11.6 Å². The highest BCUT2D eigenvalue weighted by Crippen LogP contribution is 2.36. The number of aromatic nitrogens is 2. The zero-order chi connectivity index (χ0) is 22.2. The van der Waals surface area contributed by atoms with Gasteiger partial charge in [0, 0.05) is 32.6 Å². The molecule has 2 aromatic rings. The molecule has 1 N–H and O–H groups in total. The number of rotatable bonds is 5. The Morgan fingerprint density at radius 2 is 1.94 bits per heavy atom. The number of nitrogens with zero attached hydrogens (tertiary/aromatic N) is 4. The molecule has 1 aromatic heterocycles. The quantitative estimate of drug-likeness (QED) is 0.675. The average molecular weight is 453 g/mol. The van der Waals surface area contributed by atoms with Crippen molar-refractivity contribution in [3.63, 3.8) is 0 Å². The number of aliphatic hydroxyl groups is 1. The minimum Gasteiger partial charge on any atom is -0.392 e. The van der Waals surface area contributed by atoms with E-state index in [2.05, 4.69) is 15.0 Å². The molecule has 0 bridgehead atoms.